The lowest BCUT2D eigenvalue weighted by Gasteiger charge is -2.03. The Kier molecular flexibility index (Phi) is 2.29. The van der Waals surface area contributed by atoms with E-state index in [1.807, 2.05) is 0 Å². The lowest BCUT2D eigenvalue weighted by Crippen LogP contribution is -1.93. The maximum absolute atomic E-state index is 12.7. The predicted molar refractivity (Wildman–Crippen MR) is 40.5 cm³/mol. The maximum atomic E-state index is 12.7. The van der Waals surface area contributed by atoms with Gasteiger partial charge in [0.2, 0.25) is 0 Å². The van der Waals surface area contributed by atoms with E-state index in [9.17, 15) is 4.39 Å². The Morgan fingerprint density at radius 2 is 2.27 bits per heavy atom. The van der Waals surface area contributed by atoms with Crippen LogP contribution < -0.4 is 4.74 Å². The van der Waals surface area contributed by atoms with Crippen molar-refractivity contribution >= 4 is 11.6 Å². The van der Waals surface area contributed by atoms with Crippen molar-refractivity contribution in [1.82, 2.24) is 4.98 Å². The molecule has 1 heterocycles. The van der Waals surface area contributed by atoms with Gasteiger partial charge in [-0.1, -0.05) is 11.6 Å². The largest absolute Gasteiger partial charge is 0.495 e. The number of aryl methyl sites for hydroxylation is 1. The van der Waals surface area contributed by atoms with Gasteiger partial charge in [0.25, 0.3) is 0 Å². The van der Waals surface area contributed by atoms with Crippen LogP contribution in [0.25, 0.3) is 0 Å². The molecule has 0 unspecified atom stereocenters. The molecule has 0 saturated carbocycles. The summed E-state index contributed by atoms with van der Waals surface area (Å²) in [6, 6.07) is 1.21. The van der Waals surface area contributed by atoms with Crippen molar-refractivity contribution in [2.75, 3.05) is 7.11 Å². The molecule has 1 rings (SSSR count). The van der Waals surface area contributed by atoms with E-state index in [-0.39, 0.29) is 5.15 Å². The quantitative estimate of drug-likeness (QED) is 0.611. The first-order valence-electron chi connectivity index (χ1n) is 3.01. The molecule has 0 spiro atoms. The third-order valence-electron chi connectivity index (χ3n) is 1.30. The van der Waals surface area contributed by atoms with Crippen molar-refractivity contribution in [1.29, 1.82) is 0 Å². The Labute approximate surface area is 69.0 Å². The summed E-state index contributed by atoms with van der Waals surface area (Å²) in [5, 5.41) is -0.122. The van der Waals surface area contributed by atoms with Crippen LogP contribution in [0.5, 0.6) is 5.75 Å². The molecular weight excluding hydrogens is 169 g/mol. The zero-order chi connectivity index (χ0) is 8.43. The van der Waals surface area contributed by atoms with Gasteiger partial charge in [0, 0.05) is 6.07 Å². The highest BCUT2D eigenvalue weighted by Gasteiger charge is 2.06. The second-order valence-corrected chi connectivity index (χ2v) is 2.41. The minimum Gasteiger partial charge on any atom is -0.495 e. The molecule has 0 atom stereocenters. The highest BCUT2D eigenvalue weighted by atomic mass is 35.5. The number of rotatable bonds is 1. The number of methoxy groups -OCH3 is 1. The molecule has 0 amide bonds. The van der Waals surface area contributed by atoms with Crippen LogP contribution in [-0.4, -0.2) is 12.1 Å². The molecule has 0 aliphatic heterocycles. The van der Waals surface area contributed by atoms with Crippen LogP contribution >= 0.6 is 11.6 Å². The van der Waals surface area contributed by atoms with Crippen LogP contribution in [0.4, 0.5) is 4.39 Å². The summed E-state index contributed by atoms with van der Waals surface area (Å²) in [4.78, 5) is 3.71. The minimum absolute atomic E-state index is 0.122. The smallest absolute Gasteiger partial charge is 0.165 e. The maximum Gasteiger partial charge on any atom is 0.165 e. The fourth-order valence-electron chi connectivity index (χ4n) is 0.741. The number of aromatic nitrogens is 1. The molecule has 0 saturated heterocycles. The lowest BCUT2D eigenvalue weighted by molar-refractivity contribution is 0.405. The molecule has 0 bridgehead atoms. The Bertz CT molecular complexity index is 277. The summed E-state index contributed by atoms with van der Waals surface area (Å²) in [6.07, 6.45) is 0. The fourth-order valence-corrected chi connectivity index (χ4v) is 0.923. The number of ether oxygens (including phenoxy) is 1. The van der Waals surface area contributed by atoms with E-state index in [2.05, 4.69) is 4.98 Å². The van der Waals surface area contributed by atoms with Crippen molar-refractivity contribution in [2.24, 2.45) is 0 Å². The summed E-state index contributed by atoms with van der Waals surface area (Å²) in [6.45, 7) is 1.70. The topological polar surface area (TPSA) is 22.1 Å². The average Bonchev–Trinajstić information content (AvgIpc) is 1.97. The number of hydrogen-bond donors (Lipinski definition) is 0. The zero-order valence-electron chi connectivity index (χ0n) is 6.19. The van der Waals surface area contributed by atoms with E-state index in [1.165, 1.54) is 13.2 Å². The Morgan fingerprint density at radius 1 is 1.64 bits per heavy atom. The van der Waals surface area contributed by atoms with E-state index < -0.39 is 5.82 Å². The van der Waals surface area contributed by atoms with Gasteiger partial charge in [0.05, 0.1) is 12.8 Å². The van der Waals surface area contributed by atoms with E-state index in [0.717, 1.165) is 0 Å². The fraction of sp³-hybridized carbons (Fsp3) is 0.286. The first kappa shape index (κ1) is 8.27. The lowest BCUT2D eigenvalue weighted by atomic mass is 10.3. The van der Waals surface area contributed by atoms with Crippen molar-refractivity contribution in [3.8, 4) is 5.75 Å². The van der Waals surface area contributed by atoms with Gasteiger partial charge in [-0.2, -0.15) is 0 Å². The third-order valence-corrected chi connectivity index (χ3v) is 1.56. The van der Waals surface area contributed by atoms with Crippen LogP contribution in [-0.2, 0) is 0 Å². The van der Waals surface area contributed by atoms with Crippen LogP contribution in [0.1, 0.15) is 5.69 Å². The first-order chi connectivity index (χ1) is 5.15. The molecule has 0 fully saturated rings. The average molecular weight is 176 g/mol. The molecule has 0 aliphatic carbocycles. The zero-order valence-corrected chi connectivity index (χ0v) is 6.94. The monoisotopic (exact) mass is 175 g/mol. The second-order valence-electron chi connectivity index (χ2n) is 2.05. The molecule has 60 valence electrons. The molecule has 0 N–H and O–H groups in total. The number of nitrogens with zero attached hydrogens (tertiary/aromatic N) is 1. The van der Waals surface area contributed by atoms with Gasteiger partial charge in [-0.15, -0.1) is 0 Å². The van der Waals surface area contributed by atoms with Crippen molar-refractivity contribution in [3.63, 3.8) is 0 Å². The van der Waals surface area contributed by atoms with Crippen LogP contribution in [0.3, 0.4) is 0 Å². The SMILES string of the molecule is COc1cc(F)c(Cl)nc1C. The van der Waals surface area contributed by atoms with Gasteiger partial charge in [-0.3, -0.25) is 0 Å². The summed E-state index contributed by atoms with van der Waals surface area (Å²) in [5.74, 6) is -0.152. The Morgan fingerprint density at radius 3 is 2.82 bits per heavy atom. The van der Waals surface area contributed by atoms with Gasteiger partial charge >= 0.3 is 0 Å². The second kappa shape index (κ2) is 3.05. The molecule has 4 heteroatoms. The standard InChI is InChI=1S/C7H7ClFNO/c1-4-6(11-2)3-5(9)7(8)10-4/h3H,1-2H3. The van der Waals surface area contributed by atoms with Crippen LogP contribution in [0, 0.1) is 12.7 Å². The summed E-state index contributed by atoms with van der Waals surface area (Å²) >= 11 is 5.40. The molecule has 0 aliphatic rings. The van der Waals surface area contributed by atoms with Gasteiger partial charge in [0.15, 0.2) is 11.0 Å². The molecular formula is C7H7ClFNO. The molecule has 0 radical (unpaired) electrons. The summed E-state index contributed by atoms with van der Waals surface area (Å²) < 4.78 is 17.5. The van der Waals surface area contributed by atoms with Gasteiger partial charge < -0.3 is 4.74 Å². The summed E-state index contributed by atoms with van der Waals surface area (Å²) in [5.41, 5.74) is 0.582. The van der Waals surface area contributed by atoms with Gasteiger partial charge in [-0.05, 0) is 6.92 Å². The molecule has 11 heavy (non-hydrogen) atoms. The minimum atomic E-state index is -0.561. The summed E-state index contributed by atoms with van der Waals surface area (Å²) in [7, 11) is 1.46. The number of halogens is 2. The highest BCUT2D eigenvalue weighted by Crippen LogP contribution is 2.20. The highest BCUT2D eigenvalue weighted by molar-refractivity contribution is 6.29. The van der Waals surface area contributed by atoms with Crippen molar-refractivity contribution in [3.05, 3.63) is 22.7 Å². The predicted octanol–water partition coefficient (Wildman–Crippen LogP) is 2.19. The molecule has 1 aromatic heterocycles. The Balaban J connectivity index is 3.21. The van der Waals surface area contributed by atoms with Crippen molar-refractivity contribution in [2.45, 2.75) is 6.92 Å². The van der Waals surface area contributed by atoms with Crippen molar-refractivity contribution < 1.29 is 9.13 Å². The van der Waals surface area contributed by atoms with E-state index >= 15 is 0 Å². The third kappa shape index (κ3) is 1.60. The number of hydrogen-bond acceptors (Lipinski definition) is 2. The normalized spacial score (nSPS) is 9.82. The van der Waals surface area contributed by atoms with E-state index in [4.69, 9.17) is 16.3 Å². The van der Waals surface area contributed by atoms with Gasteiger partial charge in [0.1, 0.15) is 5.75 Å². The molecule has 2 nitrogen and oxygen atoms in total. The van der Waals surface area contributed by atoms with Crippen LogP contribution in [0.2, 0.25) is 5.15 Å². The van der Waals surface area contributed by atoms with Crippen LogP contribution in [0.15, 0.2) is 6.07 Å². The Hall–Kier alpha value is -0.830. The van der Waals surface area contributed by atoms with Gasteiger partial charge in [-0.25, -0.2) is 9.37 Å². The van der Waals surface area contributed by atoms with E-state index in [0.29, 0.717) is 11.4 Å². The first-order valence-corrected chi connectivity index (χ1v) is 3.39. The molecule has 1 aromatic rings. The molecule has 0 aromatic carbocycles. The number of pyridine rings is 1. The van der Waals surface area contributed by atoms with E-state index in [1.54, 1.807) is 6.92 Å².